The number of fused-ring (bicyclic) bond motifs is 1. The molecule has 0 unspecified atom stereocenters. The second-order valence-electron chi connectivity index (χ2n) is 7.51. The highest BCUT2D eigenvalue weighted by Crippen LogP contribution is 2.25. The Kier molecular flexibility index (Phi) is 5.27. The molecule has 1 aliphatic heterocycles. The smallest absolute Gasteiger partial charge is 0.410 e. The van der Waals surface area contributed by atoms with Gasteiger partial charge in [-0.3, -0.25) is 9.20 Å². The van der Waals surface area contributed by atoms with Gasteiger partial charge in [0, 0.05) is 32.4 Å². The molecular formula is C18H22Cl2N4O3. The summed E-state index contributed by atoms with van der Waals surface area (Å²) < 4.78 is 7.02. The van der Waals surface area contributed by atoms with Crippen molar-refractivity contribution in [3.8, 4) is 0 Å². The average Bonchev–Trinajstić information content (AvgIpc) is 2.89. The SMILES string of the molecule is Cc1nc2c(Cl)cc(Cl)cn2c1C(=O)N1CCN(C(=O)OC(C)(C)C)CC1. The van der Waals surface area contributed by atoms with Crippen LogP contribution in [-0.4, -0.2) is 63.0 Å². The molecule has 2 aromatic heterocycles. The minimum atomic E-state index is -0.545. The lowest BCUT2D eigenvalue weighted by atomic mass is 10.2. The van der Waals surface area contributed by atoms with E-state index in [-0.39, 0.29) is 12.0 Å². The number of nitrogens with zero attached hydrogens (tertiary/aromatic N) is 4. The Bertz CT molecular complexity index is 896. The van der Waals surface area contributed by atoms with E-state index in [0.717, 1.165) is 0 Å². The van der Waals surface area contributed by atoms with Crippen LogP contribution >= 0.6 is 23.2 Å². The standard InChI is InChI=1S/C18H22Cl2N4O3/c1-11-14(24-10-12(19)9-13(20)15(24)21-11)16(25)22-5-7-23(8-6-22)17(26)27-18(2,3)4/h9-10H,5-8H2,1-4H3. The second-order valence-corrected chi connectivity index (χ2v) is 8.35. The van der Waals surface area contributed by atoms with Crippen molar-refractivity contribution in [3.05, 3.63) is 33.7 Å². The maximum Gasteiger partial charge on any atom is 0.410 e. The van der Waals surface area contributed by atoms with Crippen LogP contribution in [0.1, 0.15) is 37.0 Å². The first-order valence-corrected chi connectivity index (χ1v) is 9.43. The molecule has 0 bridgehead atoms. The fraction of sp³-hybridized carbons (Fsp3) is 0.500. The van der Waals surface area contributed by atoms with Gasteiger partial charge in [0.05, 0.1) is 15.7 Å². The predicted molar refractivity (Wildman–Crippen MR) is 104 cm³/mol. The molecule has 3 rings (SSSR count). The van der Waals surface area contributed by atoms with Crippen molar-refractivity contribution in [1.29, 1.82) is 0 Å². The Morgan fingerprint density at radius 1 is 1.11 bits per heavy atom. The van der Waals surface area contributed by atoms with Gasteiger partial charge in [0.15, 0.2) is 5.65 Å². The summed E-state index contributed by atoms with van der Waals surface area (Å²) in [6.45, 7) is 8.91. The van der Waals surface area contributed by atoms with Crippen LogP contribution in [0.5, 0.6) is 0 Å². The lowest BCUT2D eigenvalue weighted by molar-refractivity contribution is 0.0140. The number of carbonyl (C=O) groups excluding carboxylic acids is 2. The summed E-state index contributed by atoms with van der Waals surface area (Å²) in [5.74, 6) is -0.165. The Morgan fingerprint density at radius 3 is 2.30 bits per heavy atom. The minimum Gasteiger partial charge on any atom is -0.444 e. The minimum absolute atomic E-state index is 0.165. The highest BCUT2D eigenvalue weighted by molar-refractivity contribution is 6.36. The summed E-state index contributed by atoms with van der Waals surface area (Å²) in [6, 6.07) is 1.60. The molecule has 2 aromatic rings. The average molecular weight is 413 g/mol. The Labute approximate surface area is 167 Å². The van der Waals surface area contributed by atoms with E-state index in [2.05, 4.69) is 4.98 Å². The zero-order chi connectivity index (χ0) is 19.9. The molecule has 7 nitrogen and oxygen atoms in total. The van der Waals surface area contributed by atoms with E-state index in [1.54, 1.807) is 33.4 Å². The van der Waals surface area contributed by atoms with Gasteiger partial charge in [-0.2, -0.15) is 0 Å². The maximum absolute atomic E-state index is 13.1. The topological polar surface area (TPSA) is 67.2 Å². The fourth-order valence-corrected chi connectivity index (χ4v) is 3.53. The number of halogens is 2. The van der Waals surface area contributed by atoms with Gasteiger partial charge in [-0.05, 0) is 33.8 Å². The van der Waals surface area contributed by atoms with Crippen molar-refractivity contribution in [2.24, 2.45) is 0 Å². The molecule has 1 fully saturated rings. The summed E-state index contributed by atoms with van der Waals surface area (Å²) in [6.07, 6.45) is 1.27. The molecule has 0 spiro atoms. The molecule has 2 amide bonds. The van der Waals surface area contributed by atoms with Gasteiger partial charge >= 0.3 is 6.09 Å². The van der Waals surface area contributed by atoms with Crippen LogP contribution in [0, 0.1) is 6.92 Å². The van der Waals surface area contributed by atoms with Gasteiger partial charge in [0.2, 0.25) is 0 Å². The van der Waals surface area contributed by atoms with Crippen molar-refractivity contribution in [2.75, 3.05) is 26.2 Å². The van der Waals surface area contributed by atoms with Gasteiger partial charge in [-0.1, -0.05) is 23.2 Å². The number of rotatable bonds is 1. The van der Waals surface area contributed by atoms with Gasteiger partial charge < -0.3 is 14.5 Å². The van der Waals surface area contributed by atoms with Gasteiger partial charge in [0.25, 0.3) is 5.91 Å². The van der Waals surface area contributed by atoms with Crippen LogP contribution in [0.25, 0.3) is 5.65 Å². The predicted octanol–water partition coefficient (Wildman–Crippen LogP) is 3.64. The Morgan fingerprint density at radius 2 is 1.70 bits per heavy atom. The summed E-state index contributed by atoms with van der Waals surface area (Å²) in [4.78, 5) is 33.0. The van der Waals surface area contributed by atoms with Crippen molar-refractivity contribution in [1.82, 2.24) is 19.2 Å². The highest BCUT2D eigenvalue weighted by Gasteiger charge is 2.30. The molecule has 0 aromatic carbocycles. The number of piperazine rings is 1. The molecule has 0 radical (unpaired) electrons. The van der Waals surface area contributed by atoms with Gasteiger partial charge in [0.1, 0.15) is 11.3 Å². The molecule has 146 valence electrons. The molecular weight excluding hydrogens is 391 g/mol. The third kappa shape index (κ3) is 4.14. The molecule has 3 heterocycles. The van der Waals surface area contributed by atoms with E-state index < -0.39 is 5.60 Å². The number of hydrogen-bond donors (Lipinski definition) is 0. The lowest BCUT2D eigenvalue weighted by Gasteiger charge is -2.35. The zero-order valence-corrected chi connectivity index (χ0v) is 17.3. The maximum atomic E-state index is 13.1. The van der Waals surface area contributed by atoms with Crippen LogP contribution in [-0.2, 0) is 4.74 Å². The first-order valence-electron chi connectivity index (χ1n) is 8.68. The highest BCUT2D eigenvalue weighted by atomic mass is 35.5. The van der Waals surface area contributed by atoms with E-state index in [1.165, 1.54) is 0 Å². The third-order valence-corrected chi connectivity index (χ3v) is 4.72. The van der Waals surface area contributed by atoms with Crippen LogP contribution in [0.2, 0.25) is 10.0 Å². The molecule has 9 heteroatoms. The number of hydrogen-bond acceptors (Lipinski definition) is 4. The number of carbonyl (C=O) groups is 2. The van der Waals surface area contributed by atoms with E-state index in [0.29, 0.717) is 53.3 Å². The van der Waals surface area contributed by atoms with Crippen molar-refractivity contribution < 1.29 is 14.3 Å². The first-order chi connectivity index (χ1) is 12.6. The summed E-state index contributed by atoms with van der Waals surface area (Å²) in [7, 11) is 0. The number of amides is 2. The summed E-state index contributed by atoms with van der Waals surface area (Å²) >= 11 is 12.3. The zero-order valence-electron chi connectivity index (χ0n) is 15.8. The Balaban J connectivity index is 1.76. The van der Waals surface area contributed by atoms with Crippen molar-refractivity contribution in [3.63, 3.8) is 0 Å². The van der Waals surface area contributed by atoms with Gasteiger partial charge in [-0.15, -0.1) is 0 Å². The molecule has 1 aliphatic rings. The van der Waals surface area contributed by atoms with Crippen molar-refractivity contribution >= 4 is 40.8 Å². The van der Waals surface area contributed by atoms with Crippen LogP contribution in [0.3, 0.4) is 0 Å². The van der Waals surface area contributed by atoms with Crippen molar-refractivity contribution in [2.45, 2.75) is 33.3 Å². The number of ether oxygens (including phenoxy) is 1. The molecule has 27 heavy (non-hydrogen) atoms. The normalized spacial score (nSPS) is 15.3. The third-order valence-electron chi connectivity index (χ3n) is 4.24. The van der Waals surface area contributed by atoms with Gasteiger partial charge in [-0.25, -0.2) is 9.78 Å². The van der Waals surface area contributed by atoms with E-state index >= 15 is 0 Å². The Hall–Kier alpha value is -1.99. The van der Waals surface area contributed by atoms with Crippen LogP contribution in [0.15, 0.2) is 12.3 Å². The second kappa shape index (κ2) is 7.20. The number of imidazole rings is 1. The number of aryl methyl sites for hydroxylation is 1. The quantitative estimate of drug-likeness (QED) is 0.716. The van der Waals surface area contributed by atoms with E-state index in [9.17, 15) is 9.59 Å². The monoisotopic (exact) mass is 412 g/mol. The number of aromatic nitrogens is 2. The lowest BCUT2D eigenvalue weighted by Crippen LogP contribution is -2.51. The largest absolute Gasteiger partial charge is 0.444 e. The molecule has 0 aliphatic carbocycles. The summed E-state index contributed by atoms with van der Waals surface area (Å²) in [5.41, 5.74) is 0.962. The summed E-state index contributed by atoms with van der Waals surface area (Å²) in [5, 5.41) is 0.813. The van der Waals surface area contributed by atoms with E-state index in [1.807, 2.05) is 20.8 Å². The number of pyridine rings is 1. The molecule has 0 N–H and O–H groups in total. The first kappa shape index (κ1) is 19.8. The van der Waals surface area contributed by atoms with Crippen LogP contribution < -0.4 is 0 Å². The molecule has 1 saturated heterocycles. The molecule has 0 saturated carbocycles. The fourth-order valence-electron chi connectivity index (χ4n) is 3.01. The van der Waals surface area contributed by atoms with E-state index in [4.69, 9.17) is 27.9 Å². The van der Waals surface area contributed by atoms with Crippen LogP contribution in [0.4, 0.5) is 4.79 Å². The molecule has 0 atom stereocenters.